The highest BCUT2D eigenvalue weighted by molar-refractivity contribution is 7.91. The van der Waals surface area contributed by atoms with Gasteiger partial charge in [-0.2, -0.15) is 0 Å². The number of rotatable bonds is 12. The Morgan fingerprint density at radius 2 is 1.44 bits per heavy atom. The molecule has 0 bridgehead atoms. The molecule has 0 aliphatic carbocycles. The van der Waals surface area contributed by atoms with Gasteiger partial charge >= 0.3 is 18.0 Å². The fourth-order valence-electron chi connectivity index (χ4n) is 2.49. The van der Waals surface area contributed by atoms with E-state index in [9.17, 15) is 22.8 Å². The molecule has 180 valence electrons. The van der Waals surface area contributed by atoms with Crippen LogP contribution in [0.3, 0.4) is 0 Å². The first-order valence-electron chi connectivity index (χ1n) is 10.2. The van der Waals surface area contributed by atoms with Crippen LogP contribution >= 0.6 is 0 Å². The summed E-state index contributed by atoms with van der Waals surface area (Å²) in [7, 11) is -3.37. The Labute approximate surface area is 189 Å². The van der Waals surface area contributed by atoms with Gasteiger partial charge in [0.2, 0.25) is 0 Å². The fourth-order valence-corrected chi connectivity index (χ4v) is 3.76. The van der Waals surface area contributed by atoms with Crippen molar-refractivity contribution in [3.63, 3.8) is 0 Å². The topological polar surface area (TPSA) is 144 Å². The van der Waals surface area contributed by atoms with Crippen molar-refractivity contribution in [2.45, 2.75) is 25.7 Å². The Kier molecular flexibility index (Phi) is 14.4. The van der Waals surface area contributed by atoms with Gasteiger partial charge in [0.15, 0.2) is 9.84 Å². The van der Waals surface area contributed by atoms with Crippen LogP contribution in [0.1, 0.15) is 20.8 Å². The monoisotopic (exact) mass is 471 g/mol. The van der Waals surface area contributed by atoms with Gasteiger partial charge in [0.05, 0.1) is 10.6 Å². The van der Waals surface area contributed by atoms with Gasteiger partial charge in [0, 0.05) is 38.3 Å². The van der Waals surface area contributed by atoms with Crippen LogP contribution in [-0.2, 0) is 19.4 Å². The fraction of sp³-hybridized carbons (Fsp3) is 0.476. The SMILES string of the molecule is CCN(CC)CCNC(=O)N(CC)CCS(=O)(=O)c1ccccc1.O=C(O)/C=C/C(=O)O. The van der Waals surface area contributed by atoms with Gasteiger partial charge < -0.3 is 25.3 Å². The third-order valence-corrected chi connectivity index (χ3v) is 6.08. The number of likely N-dealkylation sites (N-methyl/N-ethyl adjacent to an activating group) is 1. The van der Waals surface area contributed by atoms with E-state index in [1.54, 1.807) is 30.3 Å². The van der Waals surface area contributed by atoms with E-state index in [2.05, 4.69) is 24.1 Å². The average Bonchev–Trinajstić information content (AvgIpc) is 2.76. The number of carboxylic acids is 2. The number of aliphatic carboxylic acids is 2. The Morgan fingerprint density at radius 1 is 0.906 bits per heavy atom. The van der Waals surface area contributed by atoms with Gasteiger partial charge in [0.1, 0.15) is 0 Å². The van der Waals surface area contributed by atoms with Gasteiger partial charge in [0.25, 0.3) is 0 Å². The summed E-state index contributed by atoms with van der Waals surface area (Å²) in [5.74, 6) is -2.59. The summed E-state index contributed by atoms with van der Waals surface area (Å²) in [5.41, 5.74) is 0. The number of nitrogens with zero attached hydrogens (tertiary/aromatic N) is 2. The molecule has 0 radical (unpaired) electrons. The molecule has 3 N–H and O–H groups in total. The highest BCUT2D eigenvalue weighted by Gasteiger charge is 2.18. The maximum Gasteiger partial charge on any atom is 0.328 e. The summed E-state index contributed by atoms with van der Waals surface area (Å²) >= 11 is 0. The molecule has 0 unspecified atom stereocenters. The molecule has 0 saturated heterocycles. The quantitative estimate of drug-likeness (QED) is 0.389. The van der Waals surface area contributed by atoms with E-state index in [0.29, 0.717) is 30.1 Å². The van der Waals surface area contributed by atoms with Crippen molar-refractivity contribution < 1.29 is 33.0 Å². The number of hydrogen-bond donors (Lipinski definition) is 3. The van der Waals surface area contributed by atoms with Crippen LogP contribution in [-0.4, -0.2) is 91.4 Å². The lowest BCUT2D eigenvalue weighted by molar-refractivity contribution is -0.134. The Bertz CT molecular complexity index is 822. The summed E-state index contributed by atoms with van der Waals surface area (Å²) in [6.45, 7) is 9.90. The lowest BCUT2D eigenvalue weighted by Gasteiger charge is -2.23. The van der Waals surface area contributed by atoms with E-state index >= 15 is 0 Å². The van der Waals surface area contributed by atoms with Crippen molar-refractivity contribution in [3.05, 3.63) is 42.5 Å². The molecule has 0 aromatic heterocycles. The maximum atomic E-state index is 12.3. The predicted molar refractivity (Wildman–Crippen MR) is 121 cm³/mol. The number of carbonyl (C=O) groups is 3. The molecular weight excluding hydrogens is 438 g/mol. The second-order valence-electron chi connectivity index (χ2n) is 6.48. The average molecular weight is 472 g/mol. The minimum Gasteiger partial charge on any atom is -0.478 e. The van der Waals surface area contributed by atoms with Crippen molar-refractivity contribution in [3.8, 4) is 0 Å². The number of hydrogen-bond acceptors (Lipinski definition) is 6. The Balaban J connectivity index is 0.00000102. The Hall–Kier alpha value is -2.92. The van der Waals surface area contributed by atoms with Crippen LogP contribution in [0.4, 0.5) is 4.79 Å². The molecule has 32 heavy (non-hydrogen) atoms. The normalized spacial score (nSPS) is 11.0. The largest absolute Gasteiger partial charge is 0.478 e. The van der Waals surface area contributed by atoms with Crippen molar-refractivity contribution in [2.75, 3.05) is 45.0 Å². The number of carboxylic acid groups (broad SMARTS) is 2. The second kappa shape index (κ2) is 15.8. The molecule has 0 heterocycles. The number of sulfone groups is 1. The molecule has 1 aromatic rings. The second-order valence-corrected chi connectivity index (χ2v) is 8.59. The molecule has 0 aliphatic heterocycles. The molecule has 2 amide bonds. The minimum absolute atomic E-state index is 0.0751. The number of nitrogens with one attached hydrogen (secondary N) is 1. The third kappa shape index (κ3) is 12.7. The summed E-state index contributed by atoms with van der Waals surface area (Å²) in [6, 6.07) is 8.12. The highest BCUT2D eigenvalue weighted by atomic mass is 32.2. The zero-order valence-electron chi connectivity index (χ0n) is 18.7. The first-order valence-corrected chi connectivity index (χ1v) is 11.9. The van der Waals surface area contributed by atoms with Gasteiger partial charge in [-0.15, -0.1) is 0 Å². The van der Waals surface area contributed by atoms with E-state index in [-0.39, 0.29) is 18.3 Å². The summed E-state index contributed by atoms with van der Waals surface area (Å²) in [4.78, 5) is 35.3. The van der Waals surface area contributed by atoms with Crippen molar-refractivity contribution in [2.24, 2.45) is 0 Å². The first kappa shape index (κ1) is 29.1. The predicted octanol–water partition coefficient (Wildman–Crippen LogP) is 1.55. The molecular formula is C21H33N3O7S. The number of benzene rings is 1. The van der Waals surface area contributed by atoms with Crippen molar-refractivity contribution in [1.29, 1.82) is 0 Å². The molecule has 1 rings (SSSR count). The summed E-state index contributed by atoms with van der Waals surface area (Å²) in [5, 5.41) is 18.5. The zero-order valence-corrected chi connectivity index (χ0v) is 19.5. The number of amides is 2. The van der Waals surface area contributed by atoms with Gasteiger partial charge in [-0.1, -0.05) is 32.0 Å². The van der Waals surface area contributed by atoms with E-state index in [1.165, 1.54) is 4.90 Å². The van der Waals surface area contributed by atoms with Crippen LogP contribution in [0, 0.1) is 0 Å². The Morgan fingerprint density at radius 3 is 1.88 bits per heavy atom. The molecule has 0 atom stereocenters. The first-order chi connectivity index (χ1) is 15.1. The third-order valence-electron chi connectivity index (χ3n) is 4.37. The molecule has 0 spiro atoms. The van der Waals surface area contributed by atoms with Crippen LogP contribution in [0.15, 0.2) is 47.4 Å². The van der Waals surface area contributed by atoms with Gasteiger partial charge in [-0.3, -0.25) is 0 Å². The number of carbonyl (C=O) groups excluding carboxylic acids is 1. The molecule has 0 saturated carbocycles. The molecule has 0 fully saturated rings. The van der Waals surface area contributed by atoms with Gasteiger partial charge in [-0.25, -0.2) is 22.8 Å². The van der Waals surface area contributed by atoms with Gasteiger partial charge in [-0.05, 0) is 32.1 Å². The molecule has 11 heteroatoms. The number of urea groups is 1. The van der Waals surface area contributed by atoms with Crippen LogP contribution in [0.5, 0.6) is 0 Å². The van der Waals surface area contributed by atoms with Crippen LogP contribution < -0.4 is 5.32 Å². The molecule has 0 aliphatic rings. The molecule has 1 aromatic carbocycles. The van der Waals surface area contributed by atoms with E-state index < -0.39 is 21.8 Å². The summed E-state index contributed by atoms with van der Waals surface area (Å²) in [6.07, 6.45) is 1.12. The summed E-state index contributed by atoms with van der Waals surface area (Å²) < 4.78 is 24.6. The molecule has 10 nitrogen and oxygen atoms in total. The smallest absolute Gasteiger partial charge is 0.328 e. The lowest BCUT2D eigenvalue weighted by Crippen LogP contribution is -2.44. The van der Waals surface area contributed by atoms with Crippen LogP contribution in [0.2, 0.25) is 0 Å². The van der Waals surface area contributed by atoms with E-state index in [4.69, 9.17) is 10.2 Å². The highest BCUT2D eigenvalue weighted by Crippen LogP contribution is 2.10. The van der Waals surface area contributed by atoms with E-state index in [0.717, 1.165) is 19.6 Å². The standard InChI is InChI=1S/C17H29N3O3S.C4H4O4/c1-4-19(5-2)13-12-18-17(21)20(6-3)14-15-24(22,23)16-10-8-7-9-11-16;5-3(6)1-2-4(7)8/h7-11H,4-6,12-15H2,1-3H3,(H,18,21);1-2H,(H,5,6)(H,7,8)/b;2-1+. The maximum absolute atomic E-state index is 12.3. The van der Waals surface area contributed by atoms with Crippen molar-refractivity contribution >= 4 is 27.8 Å². The zero-order chi connectivity index (χ0) is 24.6. The van der Waals surface area contributed by atoms with Crippen molar-refractivity contribution in [1.82, 2.24) is 15.1 Å². The van der Waals surface area contributed by atoms with E-state index in [1.807, 2.05) is 6.92 Å². The minimum atomic E-state index is -3.37. The van der Waals surface area contributed by atoms with Crippen LogP contribution in [0.25, 0.3) is 0 Å². The lowest BCUT2D eigenvalue weighted by atomic mass is 10.4.